The number of carboxylic acids is 1. The van der Waals surface area contributed by atoms with Crippen molar-refractivity contribution in [1.82, 2.24) is 15.0 Å². The van der Waals surface area contributed by atoms with Gasteiger partial charge in [0.1, 0.15) is 17.1 Å². The third-order valence-electron chi connectivity index (χ3n) is 1.98. The molecule has 0 saturated carbocycles. The molecule has 2 aromatic heterocycles. The first-order valence-corrected chi connectivity index (χ1v) is 4.26. The monoisotopic (exact) mass is 207 g/mol. The second-order valence-electron chi connectivity index (χ2n) is 3.04. The Kier molecular flexibility index (Phi) is 2.03. The molecular weight excluding hydrogens is 198 g/mol. The number of hydrogen-bond donors (Lipinski definition) is 2. The van der Waals surface area contributed by atoms with Gasteiger partial charge in [-0.2, -0.15) is 0 Å². The second kappa shape index (κ2) is 3.23. The fraction of sp³-hybridized carbons (Fsp3) is 0.222. The lowest BCUT2D eigenvalue weighted by atomic mass is 10.3. The minimum Gasteiger partial charge on any atom is -0.494 e. The number of pyridine rings is 1. The van der Waals surface area contributed by atoms with Crippen molar-refractivity contribution in [3.63, 3.8) is 0 Å². The van der Waals surface area contributed by atoms with E-state index >= 15 is 0 Å². The first kappa shape index (κ1) is 9.45. The van der Waals surface area contributed by atoms with Gasteiger partial charge in [-0.25, -0.2) is 14.8 Å². The molecule has 2 heterocycles. The number of fused-ring (bicyclic) bond motifs is 1. The lowest BCUT2D eigenvalue weighted by molar-refractivity contribution is 0.0690. The maximum Gasteiger partial charge on any atom is 0.354 e. The van der Waals surface area contributed by atoms with Crippen molar-refractivity contribution in [2.24, 2.45) is 0 Å². The average molecular weight is 207 g/mol. The minimum atomic E-state index is -1.10. The molecule has 0 atom stereocenters. The van der Waals surface area contributed by atoms with Gasteiger partial charge in [-0.3, -0.25) is 0 Å². The topological polar surface area (TPSA) is 88.1 Å². The Morgan fingerprint density at radius 3 is 2.87 bits per heavy atom. The van der Waals surface area contributed by atoms with E-state index in [1.807, 2.05) is 0 Å². The third-order valence-corrected chi connectivity index (χ3v) is 1.98. The molecule has 2 N–H and O–H groups in total. The molecular formula is C9H9N3O3. The van der Waals surface area contributed by atoms with E-state index < -0.39 is 5.97 Å². The lowest BCUT2D eigenvalue weighted by Gasteiger charge is -2.01. The number of imidazole rings is 1. The highest BCUT2D eigenvalue weighted by Gasteiger charge is 2.13. The summed E-state index contributed by atoms with van der Waals surface area (Å²) < 4.78 is 5.06. The SMILES string of the molecule is COc1cc(C(=O)O)nc2nc(C)[nH]c12. The number of aromatic carboxylic acids is 1. The van der Waals surface area contributed by atoms with Crippen LogP contribution in [0.4, 0.5) is 0 Å². The maximum atomic E-state index is 10.8. The quantitative estimate of drug-likeness (QED) is 0.766. The van der Waals surface area contributed by atoms with E-state index in [1.54, 1.807) is 6.92 Å². The summed E-state index contributed by atoms with van der Waals surface area (Å²) in [5.74, 6) is -0.00723. The molecule has 0 radical (unpaired) electrons. The summed E-state index contributed by atoms with van der Waals surface area (Å²) in [4.78, 5) is 21.7. The zero-order chi connectivity index (χ0) is 11.0. The van der Waals surface area contributed by atoms with Gasteiger partial charge in [0, 0.05) is 6.07 Å². The van der Waals surface area contributed by atoms with Gasteiger partial charge in [-0.15, -0.1) is 0 Å². The van der Waals surface area contributed by atoms with Crippen molar-refractivity contribution in [2.45, 2.75) is 6.92 Å². The molecule has 0 bridgehead atoms. The van der Waals surface area contributed by atoms with E-state index in [9.17, 15) is 4.79 Å². The van der Waals surface area contributed by atoms with Crippen molar-refractivity contribution in [3.8, 4) is 5.75 Å². The van der Waals surface area contributed by atoms with Crippen LogP contribution in [-0.2, 0) is 0 Å². The minimum absolute atomic E-state index is 0.0779. The number of methoxy groups -OCH3 is 1. The van der Waals surface area contributed by atoms with E-state index in [2.05, 4.69) is 15.0 Å². The van der Waals surface area contributed by atoms with Crippen LogP contribution in [0.15, 0.2) is 6.07 Å². The molecule has 0 spiro atoms. The molecule has 0 aromatic carbocycles. The van der Waals surface area contributed by atoms with Gasteiger partial charge in [0.05, 0.1) is 7.11 Å². The number of ether oxygens (including phenoxy) is 1. The number of aromatic nitrogens is 3. The number of nitrogens with zero attached hydrogens (tertiary/aromatic N) is 2. The van der Waals surface area contributed by atoms with Crippen LogP contribution in [0.1, 0.15) is 16.3 Å². The molecule has 0 amide bonds. The molecule has 0 saturated heterocycles. The fourth-order valence-electron chi connectivity index (χ4n) is 1.35. The molecule has 0 aliphatic heterocycles. The average Bonchev–Trinajstić information content (AvgIpc) is 2.56. The molecule has 2 aromatic rings. The van der Waals surface area contributed by atoms with Gasteiger partial charge in [-0.05, 0) is 6.92 Å². The number of nitrogens with one attached hydrogen (secondary N) is 1. The van der Waals surface area contributed by atoms with Gasteiger partial charge in [0.15, 0.2) is 11.3 Å². The summed E-state index contributed by atoms with van der Waals surface area (Å²) in [6, 6.07) is 1.36. The number of hydrogen-bond acceptors (Lipinski definition) is 4. The van der Waals surface area contributed by atoms with Crippen LogP contribution in [0.3, 0.4) is 0 Å². The number of H-pyrrole nitrogens is 1. The highest BCUT2D eigenvalue weighted by molar-refractivity contribution is 5.90. The number of carbonyl (C=O) groups is 1. The van der Waals surface area contributed by atoms with Crippen LogP contribution in [0.5, 0.6) is 5.75 Å². The number of aryl methyl sites for hydroxylation is 1. The Hall–Kier alpha value is -2.11. The molecule has 15 heavy (non-hydrogen) atoms. The Morgan fingerprint density at radius 2 is 2.27 bits per heavy atom. The fourth-order valence-corrected chi connectivity index (χ4v) is 1.35. The van der Waals surface area contributed by atoms with Gasteiger partial charge < -0.3 is 14.8 Å². The van der Waals surface area contributed by atoms with Crippen molar-refractivity contribution >= 4 is 17.1 Å². The van der Waals surface area contributed by atoms with Gasteiger partial charge in [0.2, 0.25) is 0 Å². The molecule has 78 valence electrons. The van der Waals surface area contributed by atoms with Crippen LogP contribution in [0.2, 0.25) is 0 Å². The van der Waals surface area contributed by atoms with Gasteiger partial charge in [-0.1, -0.05) is 0 Å². The van der Waals surface area contributed by atoms with Gasteiger partial charge in [0.25, 0.3) is 0 Å². The van der Waals surface area contributed by atoms with Crippen molar-refractivity contribution in [1.29, 1.82) is 0 Å². The van der Waals surface area contributed by atoms with Crippen molar-refractivity contribution in [2.75, 3.05) is 7.11 Å². The van der Waals surface area contributed by atoms with E-state index in [1.165, 1.54) is 13.2 Å². The van der Waals surface area contributed by atoms with E-state index in [-0.39, 0.29) is 5.69 Å². The summed E-state index contributed by atoms with van der Waals surface area (Å²) in [7, 11) is 1.47. The zero-order valence-electron chi connectivity index (χ0n) is 8.24. The number of aromatic amines is 1. The van der Waals surface area contributed by atoms with Crippen LogP contribution in [0, 0.1) is 6.92 Å². The number of carboxylic acid groups (broad SMARTS) is 1. The predicted molar refractivity (Wildman–Crippen MR) is 52.1 cm³/mol. The first-order chi connectivity index (χ1) is 7.11. The summed E-state index contributed by atoms with van der Waals surface area (Å²) in [5.41, 5.74) is 0.884. The smallest absolute Gasteiger partial charge is 0.354 e. The Balaban J connectivity index is 2.76. The molecule has 6 heteroatoms. The van der Waals surface area contributed by atoms with Crippen LogP contribution in [0.25, 0.3) is 11.2 Å². The van der Waals surface area contributed by atoms with Crippen molar-refractivity contribution < 1.29 is 14.6 Å². The highest BCUT2D eigenvalue weighted by Crippen LogP contribution is 2.23. The Morgan fingerprint density at radius 1 is 1.53 bits per heavy atom. The highest BCUT2D eigenvalue weighted by atomic mass is 16.5. The number of rotatable bonds is 2. The Labute approximate surface area is 84.9 Å². The molecule has 0 aliphatic carbocycles. The largest absolute Gasteiger partial charge is 0.494 e. The molecule has 2 rings (SSSR count). The lowest BCUT2D eigenvalue weighted by Crippen LogP contribution is -2.01. The second-order valence-corrected chi connectivity index (χ2v) is 3.04. The van der Waals surface area contributed by atoms with Crippen LogP contribution < -0.4 is 4.74 Å². The third kappa shape index (κ3) is 1.50. The van der Waals surface area contributed by atoms with E-state index in [0.717, 1.165) is 0 Å². The van der Waals surface area contributed by atoms with Crippen LogP contribution >= 0.6 is 0 Å². The van der Waals surface area contributed by atoms with Crippen LogP contribution in [-0.4, -0.2) is 33.1 Å². The van der Waals surface area contributed by atoms with E-state index in [4.69, 9.17) is 9.84 Å². The summed E-state index contributed by atoms with van der Waals surface area (Å²) in [6.45, 7) is 1.77. The summed E-state index contributed by atoms with van der Waals surface area (Å²) >= 11 is 0. The first-order valence-electron chi connectivity index (χ1n) is 4.26. The van der Waals surface area contributed by atoms with E-state index in [0.29, 0.717) is 22.7 Å². The Bertz CT molecular complexity index is 533. The normalized spacial score (nSPS) is 10.5. The molecule has 0 unspecified atom stereocenters. The summed E-state index contributed by atoms with van der Waals surface area (Å²) in [5, 5.41) is 8.82. The standard InChI is InChI=1S/C9H9N3O3/c1-4-10-7-6(15-2)3-5(9(13)14)12-8(7)11-4/h3H,1-2H3,(H,13,14)(H,10,11,12). The molecule has 6 nitrogen and oxygen atoms in total. The maximum absolute atomic E-state index is 10.8. The predicted octanol–water partition coefficient (Wildman–Crippen LogP) is 0.973. The van der Waals surface area contributed by atoms with Crippen molar-refractivity contribution in [3.05, 3.63) is 17.6 Å². The molecule has 0 aliphatic rings. The zero-order valence-corrected chi connectivity index (χ0v) is 8.24. The molecule has 0 fully saturated rings. The van der Waals surface area contributed by atoms with Gasteiger partial charge >= 0.3 is 5.97 Å². The summed E-state index contributed by atoms with van der Waals surface area (Å²) in [6.07, 6.45) is 0.